The number of piperidine rings is 1. The van der Waals surface area contributed by atoms with Crippen LogP contribution in [0.25, 0.3) is 0 Å². The van der Waals surface area contributed by atoms with Gasteiger partial charge in [-0.2, -0.15) is 0 Å². The quantitative estimate of drug-likeness (QED) is 0.839. The molecule has 0 bridgehead atoms. The number of amides is 1. The van der Waals surface area contributed by atoms with E-state index >= 15 is 0 Å². The SMILES string of the molecule is CCCC1(C)CCCN(C(=O)C2(N)CCCC2)C1. The molecule has 1 heterocycles. The Labute approximate surface area is 111 Å². The molecular weight excluding hydrogens is 224 g/mol. The van der Waals surface area contributed by atoms with E-state index in [0.717, 1.165) is 45.2 Å². The number of likely N-dealkylation sites (tertiary alicyclic amines) is 1. The van der Waals surface area contributed by atoms with Crippen LogP contribution in [0.2, 0.25) is 0 Å². The summed E-state index contributed by atoms with van der Waals surface area (Å²) in [5.41, 5.74) is 6.08. The molecule has 0 aromatic heterocycles. The summed E-state index contributed by atoms with van der Waals surface area (Å²) in [6, 6.07) is 0. The van der Waals surface area contributed by atoms with Gasteiger partial charge in [0.25, 0.3) is 0 Å². The molecule has 0 radical (unpaired) electrons. The summed E-state index contributed by atoms with van der Waals surface area (Å²) in [5, 5.41) is 0. The van der Waals surface area contributed by atoms with Gasteiger partial charge < -0.3 is 10.6 Å². The molecule has 0 spiro atoms. The summed E-state index contributed by atoms with van der Waals surface area (Å²) in [7, 11) is 0. The van der Waals surface area contributed by atoms with Crippen molar-refractivity contribution in [1.29, 1.82) is 0 Å². The molecule has 1 unspecified atom stereocenters. The van der Waals surface area contributed by atoms with E-state index in [4.69, 9.17) is 5.73 Å². The molecule has 18 heavy (non-hydrogen) atoms. The molecular formula is C15H28N2O. The van der Waals surface area contributed by atoms with E-state index in [-0.39, 0.29) is 5.91 Å². The molecule has 2 N–H and O–H groups in total. The zero-order valence-electron chi connectivity index (χ0n) is 12.0. The van der Waals surface area contributed by atoms with Crippen LogP contribution in [-0.4, -0.2) is 29.4 Å². The van der Waals surface area contributed by atoms with Gasteiger partial charge in [0.2, 0.25) is 5.91 Å². The standard InChI is InChI=1S/C15H28N2O/c1-3-7-14(2)8-6-11-17(12-14)13(18)15(16)9-4-5-10-15/h3-12,16H2,1-2H3. The Morgan fingerprint density at radius 1 is 1.22 bits per heavy atom. The van der Waals surface area contributed by atoms with Crippen molar-refractivity contribution in [3.05, 3.63) is 0 Å². The number of nitrogens with two attached hydrogens (primary N) is 1. The van der Waals surface area contributed by atoms with E-state index in [9.17, 15) is 4.79 Å². The third-order valence-electron chi connectivity index (χ3n) is 4.84. The highest BCUT2D eigenvalue weighted by Gasteiger charge is 2.42. The maximum absolute atomic E-state index is 12.6. The van der Waals surface area contributed by atoms with Gasteiger partial charge in [0.15, 0.2) is 0 Å². The van der Waals surface area contributed by atoms with Crippen LogP contribution in [-0.2, 0) is 4.79 Å². The first-order valence-electron chi connectivity index (χ1n) is 7.57. The lowest BCUT2D eigenvalue weighted by Gasteiger charge is -2.43. The van der Waals surface area contributed by atoms with Crippen molar-refractivity contribution in [2.24, 2.45) is 11.1 Å². The van der Waals surface area contributed by atoms with E-state index in [2.05, 4.69) is 18.7 Å². The lowest BCUT2D eigenvalue weighted by atomic mass is 9.77. The van der Waals surface area contributed by atoms with Crippen LogP contribution in [0.1, 0.15) is 65.2 Å². The van der Waals surface area contributed by atoms with Crippen molar-refractivity contribution >= 4 is 5.91 Å². The molecule has 2 fully saturated rings. The van der Waals surface area contributed by atoms with E-state index in [1.165, 1.54) is 19.3 Å². The number of rotatable bonds is 3. The molecule has 1 saturated heterocycles. The Bertz CT molecular complexity index is 306. The van der Waals surface area contributed by atoms with Crippen molar-refractivity contribution in [2.45, 2.75) is 70.8 Å². The first-order chi connectivity index (χ1) is 8.49. The molecule has 1 atom stereocenters. The lowest BCUT2D eigenvalue weighted by Crippen LogP contribution is -2.57. The van der Waals surface area contributed by atoms with Crippen LogP contribution in [0.15, 0.2) is 0 Å². The minimum atomic E-state index is -0.537. The molecule has 2 aliphatic rings. The van der Waals surface area contributed by atoms with Crippen LogP contribution >= 0.6 is 0 Å². The van der Waals surface area contributed by atoms with E-state index in [0.29, 0.717) is 5.41 Å². The van der Waals surface area contributed by atoms with E-state index in [1.807, 2.05) is 0 Å². The van der Waals surface area contributed by atoms with E-state index in [1.54, 1.807) is 0 Å². The molecule has 104 valence electrons. The summed E-state index contributed by atoms with van der Waals surface area (Å²) in [6.07, 6.45) is 8.80. The third kappa shape index (κ3) is 2.71. The van der Waals surface area contributed by atoms with Gasteiger partial charge in [0.1, 0.15) is 0 Å². The Hall–Kier alpha value is -0.570. The summed E-state index contributed by atoms with van der Waals surface area (Å²) in [4.78, 5) is 14.7. The second kappa shape index (κ2) is 5.20. The molecule has 1 aliphatic heterocycles. The van der Waals surface area contributed by atoms with Gasteiger partial charge >= 0.3 is 0 Å². The van der Waals surface area contributed by atoms with Gasteiger partial charge in [-0.25, -0.2) is 0 Å². The van der Waals surface area contributed by atoms with Gasteiger partial charge in [0, 0.05) is 13.1 Å². The van der Waals surface area contributed by atoms with E-state index < -0.39 is 5.54 Å². The van der Waals surface area contributed by atoms with Crippen LogP contribution in [0.3, 0.4) is 0 Å². The Balaban J connectivity index is 2.02. The molecule has 1 amide bonds. The summed E-state index contributed by atoms with van der Waals surface area (Å²) in [6.45, 7) is 6.39. The first-order valence-corrected chi connectivity index (χ1v) is 7.57. The zero-order chi connectivity index (χ0) is 13.2. The highest BCUT2D eigenvalue weighted by atomic mass is 16.2. The minimum Gasteiger partial charge on any atom is -0.341 e. The smallest absolute Gasteiger partial charge is 0.242 e. The average molecular weight is 252 g/mol. The molecule has 0 aromatic rings. The van der Waals surface area contributed by atoms with Gasteiger partial charge in [-0.05, 0) is 37.5 Å². The minimum absolute atomic E-state index is 0.224. The predicted octanol–water partition coefficient (Wildman–Crippen LogP) is 2.69. The topological polar surface area (TPSA) is 46.3 Å². The zero-order valence-corrected chi connectivity index (χ0v) is 12.0. The fourth-order valence-electron chi connectivity index (χ4n) is 3.83. The van der Waals surface area contributed by atoms with Crippen LogP contribution < -0.4 is 5.73 Å². The largest absolute Gasteiger partial charge is 0.341 e. The van der Waals surface area contributed by atoms with Crippen LogP contribution in [0, 0.1) is 5.41 Å². The molecule has 2 rings (SSSR count). The summed E-state index contributed by atoms with van der Waals surface area (Å²) < 4.78 is 0. The van der Waals surface area contributed by atoms with Crippen molar-refractivity contribution < 1.29 is 4.79 Å². The predicted molar refractivity (Wildman–Crippen MR) is 74.2 cm³/mol. The van der Waals surface area contributed by atoms with Crippen LogP contribution in [0.5, 0.6) is 0 Å². The Morgan fingerprint density at radius 3 is 2.50 bits per heavy atom. The second-order valence-electron chi connectivity index (χ2n) is 6.75. The highest BCUT2D eigenvalue weighted by Crippen LogP contribution is 2.36. The number of nitrogens with zero attached hydrogens (tertiary/aromatic N) is 1. The number of carbonyl (C=O) groups is 1. The van der Waals surface area contributed by atoms with Gasteiger partial charge in [-0.15, -0.1) is 0 Å². The van der Waals surface area contributed by atoms with Crippen LogP contribution in [0.4, 0.5) is 0 Å². The van der Waals surface area contributed by atoms with Crippen molar-refractivity contribution in [3.8, 4) is 0 Å². The molecule has 1 aliphatic carbocycles. The molecule has 3 heteroatoms. The van der Waals surface area contributed by atoms with Gasteiger partial charge in [-0.1, -0.05) is 33.1 Å². The first kappa shape index (κ1) is 13.9. The van der Waals surface area contributed by atoms with Crippen molar-refractivity contribution in [3.63, 3.8) is 0 Å². The monoisotopic (exact) mass is 252 g/mol. The Morgan fingerprint density at radius 2 is 1.89 bits per heavy atom. The molecule has 3 nitrogen and oxygen atoms in total. The average Bonchev–Trinajstić information content (AvgIpc) is 2.76. The number of carbonyl (C=O) groups excluding carboxylic acids is 1. The van der Waals surface area contributed by atoms with Gasteiger partial charge in [-0.3, -0.25) is 4.79 Å². The van der Waals surface area contributed by atoms with Crippen molar-refractivity contribution in [2.75, 3.05) is 13.1 Å². The Kier molecular flexibility index (Phi) is 4.00. The number of hydrogen-bond donors (Lipinski definition) is 1. The summed E-state index contributed by atoms with van der Waals surface area (Å²) in [5.74, 6) is 0.224. The lowest BCUT2D eigenvalue weighted by molar-refractivity contribution is -0.140. The fourth-order valence-corrected chi connectivity index (χ4v) is 3.83. The normalized spacial score (nSPS) is 31.6. The second-order valence-corrected chi connectivity index (χ2v) is 6.75. The number of hydrogen-bond acceptors (Lipinski definition) is 2. The third-order valence-corrected chi connectivity index (χ3v) is 4.84. The molecule has 0 aromatic carbocycles. The van der Waals surface area contributed by atoms with Gasteiger partial charge in [0.05, 0.1) is 5.54 Å². The maximum atomic E-state index is 12.6. The molecule has 1 saturated carbocycles. The maximum Gasteiger partial charge on any atom is 0.242 e. The van der Waals surface area contributed by atoms with Crippen molar-refractivity contribution in [1.82, 2.24) is 4.90 Å². The fraction of sp³-hybridized carbons (Fsp3) is 0.933. The summed E-state index contributed by atoms with van der Waals surface area (Å²) >= 11 is 0. The highest BCUT2D eigenvalue weighted by molar-refractivity contribution is 5.86.